The summed E-state index contributed by atoms with van der Waals surface area (Å²) in [5, 5.41) is 3.79. The second-order valence-electron chi connectivity index (χ2n) is 9.21. The molecular formula is C25H27ClN4O3S. The Hall–Kier alpha value is -2.68. The predicted molar refractivity (Wildman–Crippen MR) is 130 cm³/mol. The number of carbonyl (C=O) groups is 1. The first-order chi connectivity index (χ1) is 16.3. The molecule has 1 saturated heterocycles. The largest absolute Gasteiger partial charge is 0.352 e. The fraction of sp³-hybridized carbons (Fsp3) is 0.360. The third-order valence-electron chi connectivity index (χ3n) is 7.32. The number of imidazole rings is 1. The van der Waals surface area contributed by atoms with Crippen molar-refractivity contribution in [1.29, 1.82) is 0 Å². The Morgan fingerprint density at radius 2 is 1.85 bits per heavy atom. The molecule has 1 aliphatic carbocycles. The Labute approximate surface area is 204 Å². The molecule has 1 atom stereocenters. The molecule has 7 nitrogen and oxygen atoms in total. The minimum atomic E-state index is -3.63. The lowest BCUT2D eigenvalue weighted by molar-refractivity contribution is 0.0930. The number of benzene rings is 2. The molecule has 178 valence electrons. The van der Waals surface area contributed by atoms with Crippen LogP contribution in [0, 0.1) is 5.92 Å². The average molecular weight is 499 g/mol. The summed E-state index contributed by atoms with van der Waals surface area (Å²) in [4.78, 5) is 16.8. The van der Waals surface area contributed by atoms with Gasteiger partial charge < -0.3 is 9.88 Å². The van der Waals surface area contributed by atoms with Crippen LogP contribution in [0.25, 0.3) is 0 Å². The zero-order valence-corrected chi connectivity index (χ0v) is 20.5. The summed E-state index contributed by atoms with van der Waals surface area (Å²) in [6.07, 6.45) is 5.32. The van der Waals surface area contributed by atoms with Crippen LogP contribution in [0.5, 0.6) is 0 Å². The van der Waals surface area contributed by atoms with Gasteiger partial charge in [-0.25, -0.2) is 13.4 Å². The number of piperidine rings is 1. The third kappa shape index (κ3) is 4.04. The number of halogens is 1. The predicted octanol–water partition coefficient (Wildman–Crippen LogP) is 3.40. The first kappa shape index (κ1) is 23.1. The van der Waals surface area contributed by atoms with Crippen molar-refractivity contribution < 1.29 is 13.2 Å². The van der Waals surface area contributed by atoms with Gasteiger partial charge in [0, 0.05) is 48.9 Å². The van der Waals surface area contributed by atoms with Gasteiger partial charge in [0.1, 0.15) is 0 Å². The van der Waals surface area contributed by atoms with Gasteiger partial charge in [-0.05, 0) is 60.6 Å². The molecule has 0 radical (unpaired) electrons. The summed E-state index contributed by atoms with van der Waals surface area (Å²) in [5.41, 5.74) is 2.98. The molecule has 1 amide bonds. The Bertz CT molecular complexity index is 1310. The first-order valence-corrected chi connectivity index (χ1v) is 13.2. The van der Waals surface area contributed by atoms with Crippen molar-refractivity contribution in [3.8, 4) is 0 Å². The van der Waals surface area contributed by atoms with E-state index >= 15 is 0 Å². The number of hydrogen-bond donors (Lipinski definition) is 1. The first-order valence-electron chi connectivity index (χ1n) is 11.4. The van der Waals surface area contributed by atoms with E-state index in [0.717, 1.165) is 6.42 Å². The lowest BCUT2D eigenvalue weighted by Gasteiger charge is -2.43. The maximum atomic E-state index is 13.1. The van der Waals surface area contributed by atoms with E-state index in [1.165, 1.54) is 17.5 Å². The number of aromatic nitrogens is 2. The van der Waals surface area contributed by atoms with Crippen molar-refractivity contribution in [3.05, 3.63) is 82.8 Å². The van der Waals surface area contributed by atoms with E-state index in [1.54, 1.807) is 46.4 Å². The molecule has 1 N–H and O–H groups in total. The summed E-state index contributed by atoms with van der Waals surface area (Å²) in [6, 6.07) is 15.3. The second-order valence-corrected chi connectivity index (χ2v) is 11.5. The third-order valence-corrected chi connectivity index (χ3v) is 9.35. The fourth-order valence-electron chi connectivity index (χ4n) is 5.51. The van der Waals surface area contributed by atoms with E-state index in [0.29, 0.717) is 43.1 Å². The lowest BCUT2D eigenvalue weighted by Crippen LogP contribution is -2.49. The Kier molecular flexibility index (Phi) is 6.00. The molecule has 1 aliphatic heterocycles. The van der Waals surface area contributed by atoms with Crippen LogP contribution in [0.2, 0.25) is 5.02 Å². The van der Waals surface area contributed by atoms with Crippen molar-refractivity contribution in [2.45, 2.75) is 29.7 Å². The Morgan fingerprint density at radius 3 is 2.53 bits per heavy atom. The molecule has 3 aromatic rings. The highest BCUT2D eigenvalue weighted by Crippen LogP contribution is 2.50. The molecule has 34 heavy (non-hydrogen) atoms. The fourth-order valence-corrected chi connectivity index (χ4v) is 7.04. The van der Waals surface area contributed by atoms with Crippen LogP contribution in [0.15, 0.2) is 66.1 Å². The highest BCUT2D eigenvalue weighted by molar-refractivity contribution is 7.89. The van der Waals surface area contributed by atoms with Crippen LogP contribution in [0.4, 0.5) is 0 Å². The molecule has 0 saturated carbocycles. The summed E-state index contributed by atoms with van der Waals surface area (Å²) in [6.45, 7) is 1.38. The normalized spacial score (nSPS) is 19.8. The maximum Gasteiger partial charge on any atom is 0.262 e. The highest BCUT2D eigenvalue weighted by atomic mass is 35.5. The number of carbonyl (C=O) groups excluding carboxylic acids is 1. The van der Waals surface area contributed by atoms with Gasteiger partial charge >= 0.3 is 0 Å². The van der Waals surface area contributed by atoms with E-state index in [1.807, 2.05) is 12.1 Å². The minimum absolute atomic E-state index is 0.0875. The molecular weight excluding hydrogens is 472 g/mol. The number of rotatable bonds is 5. The van der Waals surface area contributed by atoms with E-state index < -0.39 is 10.0 Å². The number of sulfonamides is 1. The molecule has 1 aromatic heterocycles. The van der Waals surface area contributed by atoms with Crippen LogP contribution < -0.4 is 5.32 Å². The van der Waals surface area contributed by atoms with E-state index in [2.05, 4.69) is 22.4 Å². The molecule has 1 unspecified atom stereocenters. The maximum absolute atomic E-state index is 13.1. The molecule has 2 aromatic carbocycles. The van der Waals surface area contributed by atoms with Gasteiger partial charge in [-0.3, -0.25) is 4.79 Å². The van der Waals surface area contributed by atoms with Crippen molar-refractivity contribution in [1.82, 2.24) is 19.2 Å². The molecule has 1 fully saturated rings. The highest BCUT2D eigenvalue weighted by Gasteiger charge is 2.49. The van der Waals surface area contributed by atoms with E-state index in [9.17, 15) is 13.2 Å². The van der Waals surface area contributed by atoms with Crippen molar-refractivity contribution in [2.75, 3.05) is 19.6 Å². The topological polar surface area (TPSA) is 84.3 Å². The van der Waals surface area contributed by atoms with Crippen molar-refractivity contribution in [2.24, 2.45) is 13.0 Å². The van der Waals surface area contributed by atoms with E-state index in [-0.39, 0.29) is 22.3 Å². The zero-order valence-electron chi connectivity index (χ0n) is 18.9. The van der Waals surface area contributed by atoms with Crippen LogP contribution in [-0.2, 0) is 28.9 Å². The number of amides is 1. The monoisotopic (exact) mass is 498 g/mol. The van der Waals surface area contributed by atoms with Crippen LogP contribution in [0.3, 0.4) is 0 Å². The SMILES string of the molecule is Cn1cnc(S(=O)(=O)N2CCC3(CC2)c2ccccc2CC3CNC(=O)c2ccc(Cl)cc2)c1. The number of nitrogens with zero attached hydrogens (tertiary/aromatic N) is 3. The van der Waals surface area contributed by atoms with Gasteiger partial charge in [-0.15, -0.1) is 0 Å². The minimum Gasteiger partial charge on any atom is -0.352 e. The number of aryl methyl sites for hydroxylation is 1. The molecule has 9 heteroatoms. The van der Waals surface area contributed by atoms with Gasteiger partial charge in [0.05, 0.1) is 6.33 Å². The summed E-state index contributed by atoms with van der Waals surface area (Å²) >= 11 is 5.95. The van der Waals surface area contributed by atoms with Gasteiger partial charge in [0.15, 0.2) is 5.03 Å². The van der Waals surface area contributed by atoms with Gasteiger partial charge in [-0.1, -0.05) is 35.9 Å². The van der Waals surface area contributed by atoms with E-state index in [4.69, 9.17) is 11.6 Å². The quantitative estimate of drug-likeness (QED) is 0.584. The Balaban J connectivity index is 1.35. The van der Waals surface area contributed by atoms with Gasteiger partial charge in [-0.2, -0.15) is 4.31 Å². The molecule has 2 heterocycles. The summed E-state index contributed by atoms with van der Waals surface area (Å²) in [7, 11) is -1.87. The number of nitrogens with one attached hydrogen (secondary N) is 1. The van der Waals surface area contributed by atoms with Crippen molar-refractivity contribution in [3.63, 3.8) is 0 Å². The van der Waals surface area contributed by atoms with Crippen LogP contribution in [0.1, 0.15) is 34.3 Å². The van der Waals surface area contributed by atoms with Crippen molar-refractivity contribution >= 4 is 27.5 Å². The molecule has 1 spiro atoms. The second kappa shape index (κ2) is 8.83. The summed E-state index contributed by atoms with van der Waals surface area (Å²) in [5.74, 6) is 0.0683. The van der Waals surface area contributed by atoms with Gasteiger partial charge in [0.25, 0.3) is 15.9 Å². The van der Waals surface area contributed by atoms with Crippen LogP contribution in [-0.4, -0.2) is 47.8 Å². The molecule has 5 rings (SSSR count). The smallest absolute Gasteiger partial charge is 0.262 e. The zero-order chi connectivity index (χ0) is 23.9. The number of hydrogen-bond acceptors (Lipinski definition) is 4. The Morgan fingerprint density at radius 1 is 1.15 bits per heavy atom. The lowest BCUT2D eigenvalue weighted by atomic mass is 9.68. The summed E-state index contributed by atoms with van der Waals surface area (Å²) < 4.78 is 29.4. The standard InChI is InChI=1S/C25H27ClN4O3S/c1-29-16-23(28-17-29)34(32,33)30-12-10-25(11-13-30)20(14-19-4-2-3-5-22(19)25)15-27-24(31)18-6-8-21(26)9-7-18/h2-9,16-17,20H,10-15H2,1H3,(H,27,31). The molecule has 2 aliphatic rings. The van der Waals surface area contributed by atoms with Gasteiger partial charge in [0.2, 0.25) is 0 Å². The number of fused-ring (bicyclic) bond motifs is 2. The molecule has 0 bridgehead atoms. The average Bonchev–Trinajstić information content (AvgIpc) is 3.41. The van der Waals surface area contributed by atoms with Crippen LogP contribution >= 0.6 is 11.6 Å².